The maximum absolute atomic E-state index is 15.0. The first kappa shape index (κ1) is 23.4. The van der Waals surface area contributed by atoms with Crippen LogP contribution in [0.3, 0.4) is 0 Å². The van der Waals surface area contributed by atoms with E-state index in [0.717, 1.165) is 34.6 Å². The summed E-state index contributed by atoms with van der Waals surface area (Å²) in [4.78, 5) is 6.73. The molecule has 2 unspecified atom stereocenters. The van der Waals surface area contributed by atoms with E-state index < -0.39 is 29.8 Å². The molecule has 1 aliphatic carbocycles. The average Bonchev–Trinajstić information content (AvgIpc) is 2.78. The number of alkyl halides is 2. The van der Waals surface area contributed by atoms with Gasteiger partial charge in [0.05, 0.1) is 31.5 Å². The van der Waals surface area contributed by atoms with Crippen LogP contribution >= 0.6 is 0 Å². The lowest BCUT2D eigenvalue weighted by molar-refractivity contribution is 0.0987. The van der Waals surface area contributed by atoms with Gasteiger partial charge >= 0.3 is 0 Å². The molecule has 8 heteroatoms. The number of ether oxygens (including phenoxy) is 2. The van der Waals surface area contributed by atoms with E-state index in [1.165, 1.54) is 6.08 Å². The normalized spacial score (nSPS) is 24.5. The quantitative estimate of drug-likeness (QED) is 0.609. The molecule has 1 fully saturated rings. The molecule has 0 amide bonds. The summed E-state index contributed by atoms with van der Waals surface area (Å²) >= 11 is 0. The number of allylic oxidation sites excluding steroid dienone is 3. The third-order valence-electron chi connectivity index (χ3n) is 6.59. The van der Waals surface area contributed by atoms with Crippen LogP contribution in [-0.4, -0.2) is 50.4 Å². The molecule has 0 saturated carbocycles. The number of aromatic nitrogens is 1. The van der Waals surface area contributed by atoms with Crippen molar-refractivity contribution in [2.75, 3.05) is 37.1 Å². The molecule has 0 radical (unpaired) electrons. The summed E-state index contributed by atoms with van der Waals surface area (Å²) in [5.41, 5.74) is 1.91. The Hall–Kier alpha value is -2.74. The summed E-state index contributed by atoms with van der Waals surface area (Å²) in [6.07, 6.45) is 1.70. The van der Waals surface area contributed by atoms with Crippen molar-refractivity contribution in [2.24, 2.45) is 11.8 Å². The maximum atomic E-state index is 15.0. The van der Waals surface area contributed by atoms with Gasteiger partial charge in [-0.3, -0.25) is 4.98 Å². The Morgan fingerprint density at radius 3 is 2.76 bits per heavy atom. The smallest absolute Gasteiger partial charge is 0.266 e. The second kappa shape index (κ2) is 9.63. The van der Waals surface area contributed by atoms with Gasteiger partial charge in [0.15, 0.2) is 0 Å². The van der Waals surface area contributed by atoms with E-state index in [4.69, 9.17) is 9.47 Å². The topological polar surface area (TPSA) is 46.6 Å². The Kier molecular flexibility index (Phi) is 6.83. The van der Waals surface area contributed by atoms with Crippen molar-refractivity contribution in [3.05, 3.63) is 47.9 Å². The highest BCUT2D eigenvalue weighted by molar-refractivity contribution is 5.95. The molecule has 1 aromatic carbocycles. The summed E-state index contributed by atoms with van der Waals surface area (Å²) in [5, 5.41) is 4.23. The van der Waals surface area contributed by atoms with Gasteiger partial charge in [-0.15, -0.1) is 0 Å². The van der Waals surface area contributed by atoms with E-state index in [9.17, 15) is 13.2 Å². The standard InChI is InChI=1S/C25H30F3N3O2/c1-14-5-6-17(25(27)28)24(26)23(14)16(3)30-19-7-8-29-20-12-22(32-4)21(11-18(19)20)31-9-10-33-13-15(31)2/h5-8,11-12,14-16,23,25H,9-10,13H2,1-4H3,(H,29,30)/t14?,15-,16-,23?/m1/s1. The molecule has 33 heavy (non-hydrogen) atoms. The van der Waals surface area contributed by atoms with Crippen LogP contribution in [0.25, 0.3) is 10.9 Å². The number of methoxy groups -OCH3 is 1. The van der Waals surface area contributed by atoms with Crippen LogP contribution in [0.15, 0.2) is 47.9 Å². The summed E-state index contributed by atoms with van der Waals surface area (Å²) < 4.78 is 52.8. The van der Waals surface area contributed by atoms with Gasteiger partial charge in [-0.2, -0.15) is 0 Å². The van der Waals surface area contributed by atoms with E-state index in [2.05, 4.69) is 22.1 Å². The first-order valence-electron chi connectivity index (χ1n) is 11.3. The fourth-order valence-electron chi connectivity index (χ4n) is 4.83. The number of nitrogens with one attached hydrogen (secondary N) is 1. The monoisotopic (exact) mass is 461 g/mol. The minimum Gasteiger partial charge on any atom is -0.495 e. The van der Waals surface area contributed by atoms with E-state index in [1.807, 2.05) is 32.0 Å². The van der Waals surface area contributed by atoms with Gasteiger partial charge in [-0.1, -0.05) is 19.1 Å². The van der Waals surface area contributed by atoms with Gasteiger partial charge in [-0.25, -0.2) is 13.2 Å². The summed E-state index contributed by atoms with van der Waals surface area (Å²) in [6.45, 7) is 7.76. The highest BCUT2D eigenvalue weighted by Crippen LogP contribution is 2.39. The first-order valence-corrected chi connectivity index (χ1v) is 11.3. The SMILES string of the molecule is COc1cc2nccc(N[C@H](C)C3C(F)=C(C(F)F)C=CC3C)c2cc1N1CCOC[C@H]1C. The van der Waals surface area contributed by atoms with Crippen molar-refractivity contribution in [3.8, 4) is 5.75 Å². The van der Waals surface area contributed by atoms with Crippen molar-refractivity contribution in [1.82, 2.24) is 4.98 Å². The molecule has 2 heterocycles. The van der Waals surface area contributed by atoms with Crippen molar-refractivity contribution < 1.29 is 22.6 Å². The predicted octanol–water partition coefficient (Wildman–Crippen LogP) is 5.58. The van der Waals surface area contributed by atoms with Crippen LogP contribution in [0.4, 0.5) is 24.5 Å². The fourth-order valence-corrected chi connectivity index (χ4v) is 4.83. The molecule has 5 nitrogen and oxygen atoms in total. The minimum atomic E-state index is -2.84. The van der Waals surface area contributed by atoms with Crippen LogP contribution in [0, 0.1) is 11.8 Å². The van der Waals surface area contributed by atoms with E-state index in [-0.39, 0.29) is 12.0 Å². The Balaban J connectivity index is 1.71. The van der Waals surface area contributed by atoms with Gasteiger partial charge in [0.1, 0.15) is 11.6 Å². The zero-order valence-electron chi connectivity index (χ0n) is 19.3. The van der Waals surface area contributed by atoms with Crippen LogP contribution in [0.1, 0.15) is 20.8 Å². The number of halogens is 3. The summed E-state index contributed by atoms with van der Waals surface area (Å²) in [7, 11) is 1.63. The highest BCUT2D eigenvalue weighted by Gasteiger charge is 2.34. The second-order valence-electron chi connectivity index (χ2n) is 8.80. The maximum Gasteiger partial charge on any atom is 0.266 e. The number of hydrogen-bond acceptors (Lipinski definition) is 5. The Bertz CT molecular complexity index is 1070. The molecule has 0 spiro atoms. The third-order valence-corrected chi connectivity index (χ3v) is 6.59. The molecule has 2 aliphatic rings. The van der Waals surface area contributed by atoms with E-state index in [0.29, 0.717) is 13.2 Å². The van der Waals surface area contributed by atoms with Gasteiger partial charge in [0.2, 0.25) is 0 Å². The lowest BCUT2D eigenvalue weighted by Gasteiger charge is -2.36. The molecule has 4 atom stereocenters. The molecule has 1 N–H and O–H groups in total. The van der Waals surface area contributed by atoms with Crippen molar-refractivity contribution in [1.29, 1.82) is 0 Å². The predicted molar refractivity (Wildman–Crippen MR) is 125 cm³/mol. The van der Waals surface area contributed by atoms with Crippen LogP contribution in [0.5, 0.6) is 5.75 Å². The molecule has 2 aromatic rings. The highest BCUT2D eigenvalue weighted by atomic mass is 19.3. The Morgan fingerprint density at radius 1 is 1.27 bits per heavy atom. The second-order valence-corrected chi connectivity index (χ2v) is 8.80. The molecule has 1 aromatic heterocycles. The molecular weight excluding hydrogens is 431 g/mol. The molecule has 4 rings (SSSR count). The van der Waals surface area contributed by atoms with Gasteiger partial charge in [0.25, 0.3) is 6.43 Å². The number of rotatable bonds is 6. The average molecular weight is 462 g/mol. The summed E-state index contributed by atoms with van der Waals surface area (Å²) in [6, 6.07) is 5.51. The lowest BCUT2D eigenvalue weighted by atomic mass is 9.81. The molecular formula is C25H30F3N3O2. The van der Waals surface area contributed by atoms with Gasteiger partial charge in [0, 0.05) is 53.5 Å². The number of hydrogen-bond donors (Lipinski definition) is 1. The number of anilines is 2. The number of benzene rings is 1. The zero-order chi connectivity index (χ0) is 23.7. The van der Waals surface area contributed by atoms with Gasteiger partial charge in [-0.05, 0) is 31.9 Å². The largest absolute Gasteiger partial charge is 0.495 e. The molecule has 0 bridgehead atoms. The van der Waals surface area contributed by atoms with Crippen LogP contribution in [0.2, 0.25) is 0 Å². The van der Waals surface area contributed by atoms with Crippen molar-refractivity contribution >= 4 is 22.3 Å². The Morgan fingerprint density at radius 2 is 2.06 bits per heavy atom. The lowest BCUT2D eigenvalue weighted by Crippen LogP contribution is -2.43. The van der Waals surface area contributed by atoms with Crippen LogP contribution in [-0.2, 0) is 4.74 Å². The number of pyridine rings is 1. The Labute approximate surface area is 192 Å². The van der Waals surface area contributed by atoms with Crippen LogP contribution < -0.4 is 15.0 Å². The number of morpholine rings is 1. The number of nitrogens with zero attached hydrogens (tertiary/aromatic N) is 2. The van der Waals surface area contributed by atoms with Gasteiger partial charge < -0.3 is 19.7 Å². The van der Waals surface area contributed by atoms with Crippen molar-refractivity contribution in [3.63, 3.8) is 0 Å². The zero-order valence-corrected chi connectivity index (χ0v) is 19.3. The van der Waals surface area contributed by atoms with E-state index >= 15 is 0 Å². The molecule has 178 valence electrons. The molecule has 1 aliphatic heterocycles. The third kappa shape index (κ3) is 4.53. The first-order chi connectivity index (χ1) is 15.8. The van der Waals surface area contributed by atoms with E-state index in [1.54, 1.807) is 19.4 Å². The molecule has 1 saturated heterocycles. The minimum absolute atomic E-state index is 0.180. The van der Waals surface area contributed by atoms with Crippen molar-refractivity contribution in [2.45, 2.75) is 39.3 Å². The fraction of sp³-hybridized carbons (Fsp3) is 0.480. The number of fused-ring (bicyclic) bond motifs is 1. The summed E-state index contributed by atoms with van der Waals surface area (Å²) in [5.74, 6) is -0.939.